The number of unbranched alkanes of at least 4 members (excludes halogenated alkanes) is 1. The lowest BCUT2D eigenvalue weighted by molar-refractivity contribution is -0.135. The van der Waals surface area contributed by atoms with Crippen molar-refractivity contribution in [2.45, 2.75) is 57.5 Å². The first-order valence-electron chi connectivity index (χ1n) is 7.47. The van der Waals surface area contributed by atoms with Gasteiger partial charge in [0.25, 0.3) is 0 Å². The van der Waals surface area contributed by atoms with Crippen LogP contribution in [0.15, 0.2) is 0 Å². The average molecular weight is 294 g/mol. The summed E-state index contributed by atoms with van der Waals surface area (Å²) in [6, 6.07) is 0. The fourth-order valence-electron chi connectivity index (χ4n) is 2.83. The minimum Gasteiger partial charge on any atom is -0.356 e. The summed E-state index contributed by atoms with van der Waals surface area (Å²) in [6.45, 7) is 0.990. The number of nitrogens with two attached hydrogens (primary N) is 1. The highest BCUT2D eigenvalue weighted by atomic mass is 19.4. The van der Waals surface area contributed by atoms with Gasteiger partial charge in [0.05, 0.1) is 0 Å². The SMILES string of the molecule is NCCC1CCCC(C(=O)NCCCCC(F)(F)F)C1. The summed E-state index contributed by atoms with van der Waals surface area (Å²) in [7, 11) is 0. The third-order valence-corrected chi connectivity index (χ3v) is 3.91. The molecule has 1 fully saturated rings. The number of rotatable bonds is 7. The zero-order valence-electron chi connectivity index (χ0n) is 11.8. The highest BCUT2D eigenvalue weighted by Gasteiger charge is 2.27. The molecular formula is C14H25F3N2O. The second-order valence-electron chi connectivity index (χ2n) is 5.67. The molecule has 2 unspecified atom stereocenters. The molecular weight excluding hydrogens is 269 g/mol. The van der Waals surface area contributed by atoms with Crippen molar-refractivity contribution in [2.75, 3.05) is 13.1 Å². The number of amides is 1. The average Bonchev–Trinajstić information content (AvgIpc) is 2.37. The van der Waals surface area contributed by atoms with Crippen molar-refractivity contribution in [2.24, 2.45) is 17.6 Å². The molecule has 0 aromatic carbocycles. The van der Waals surface area contributed by atoms with Gasteiger partial charge in [-0.15, -0.1) is 0 Å². The van der Waals surface area contributed by atoms with E-state index < -0.39 is 12.6 Å². The van der Waals surface area contributed by atoms with Crippen molar-refractivity contribution in [1.82, 2.24) is 5.32 Å². The van der Waals surface area contributed by atoms with Gasteiger partial charge in [0.1, 0.15) is 0 Å². The van der Waals surface area contributed by atoms with Crippen LogP contribution in [0.2, 0.25) is 0 Å². The van der Waals surface area contributed by atoms with E-state index in [1.165, 1.54) is 0 Å². The van der Waals surface area contributed by atoms with Crippen LogP contribution in [0.1, 0.15) is 51.4 Å². The number of alkyl halides is 3. The molecule has 0 spiro atoms. The summed E-state index contributed by atoms with van der Waals surface area (Å²) in [6.07, 6.45) is 0.460. The van der Waals surface area contributed by atoms with Gasteiger partial charge in [-0.1, -0.05) is 12.8 Å². The summed E-state index contributed by atoms with van der Waals surface area (Å²) in [4.78, 5) is 11.9. The minimum atomic E-state index is -4.09. The fourth-order valence-corrected chi connectivity index (χ4v) is 2.83. The van der Waals surface area contributed by atoms with E-state index in [9.17, 15) is 18.0 Å². The standard InChI is InChI=1S/C14H25F3N2O/c15-14(16,17)7-1-2-9-19-13(20)12-5-3-4-11(10-12)6-8-18/h11-12H,1-10,18H2,(H,19,20). The summed E-state index contributed by atoms with van der Waals surface area (Å²) >= 11 is 0. The minimum absolute atomic E-state index is 0.00118. The molecule has 2 atom stereocenters. The van der Waals surface area contributed by atoms with Crippen LogP contribution in [0.5, 0.6) is 0 Å². The quantitative estimate of drug-likeness (QED) is 0.709. The van der Waals surface area contributed by atoms with Gasteiger partial charge in [-0.3, -0.25) is 4.79 Å². The van der Waals surface area contributed by atoms with Gasteiger partial charge in [-0.25, -0.2) is 0 Å². The lowest BCUT2D eigenvalue weighted by atomic mass is 9.79. The van der Waals surface area contributed by atoms with Gasteiger partial charge in [0.2, 0.25) is 5.91 Å². The topological polar surface area (TPSA) is 55.1 Å². The molecule has 6 heteroatoms. The molecule has 20 heavy (non-hydrogen) atoms. The van der Waals surface area contributed by atoms with Crippen LogP contribution >= 0.6 is 0 Å². The van der Waals surface area contributed by atoms with Crippen LogP contribution in [0.25, 0.3) is 0 Å². The van der Waals surface area contributed by atoms with Crippen LogP contribution in [-0.2, 0) is 4.79 Å². The second kappa shape index (κ2) is 8.49. The first-order chi connectivity index (χ1) is 9.42. The lowest BCUT2D eigenvalue weighted by Gasteiger charge is -2.28. The van der Waals surface area contributed by atoms with Crippen molar-refractivity contribution in [3.63, 3.8) is 0 Å². The maximum Gasteiger partial charge on any atom is 0.389 e. The van der Waals surface area contributed by atoms with Gasteiger partial charge < -0.3 is 11.1 Å². The largest absolute Gasteiger partial charge is 0.389 e. The molecule has 0 aromatic rings. The first kappa shape index (κ1) is 17.3. The Morgan fingerprint density at radius 3 is 2.65 bits per heavy atom. The van der Waals surface area contributed by atoms with E-state index in [1.807, 2.05) is 0 Å². The van der Waals surface area contributed by atoms with Crippen LogP contribution in [-0.4, -0.2) is 25.2 Å². The molecule has 1 saturated carbocycles. The van der Waals surface area contributed by atoms with Crippen molar-refractivity contribution in [1.29, 1.82) is 0 Å². The van der Waals surface area contributed by atoms with Gasteiger partial charge in [-0.05, 0) is 44.6 Å². The number of halogens is 3. The van der Waals surface area contributed by atoms with Crippen LogP contribution in [0.3, 0.4) is 0 Å². The van der Waals surface area contributed by atoms with E-state index in [0.29, 0.717) is 25.4 Å². The normalized spacial score (nSPS) is 23.6. The van der Waals surface area contributed by atoms with Gasteiger partial charge in [0, 0.05) is 18.9 Å². The molecule has 1 rings (SSSR count). The molecule has 1 aliphatic carbocycles. The maximum absolute atomic E-state index is 12.0. The van der Waals surface area contributed by atoms with Crippen molar-refractivity contribution in [3.05, 3.63) is 0 Å². The predicted octanol–water partition coefficient (Wildman–Crippen LogP) is 2.99. The van der Waals surface area contributed by atoms with E-state index in [2.05, 4.69) is 5.32 Å². The van der Waals surface area contributed by atoms with Crippen LogP contribution in [0, 0.1) is 11.8 Å². The molecule has 0 aliphatic heterocycles. The smallest absolute Gasteiger partial charge is 0.356 e. The van der Waals surface area contributed by atoms with E-state index in [4.69, 9.17) is 5.73 Å². The number of carbonyl (C=O) groups is 1. The van der Waals surface area contributed by atoms with Gasteiger partial charge in [0.15, 0.2) is 0 Å². The molecule has 0 saturated heterocycles. The number of carbonyl (C=O) groups excluding carboxylic acids is 1. The monoisotopic (exact) mass is 294 g/mol. The summed E-state index contributed by atoms with van der Waals surface area (Å²) in [5.41, 5.74) is 5.54. The molecule has 1 amide bonds. The highest BCUT2D eigenvalue weighted by molar-refractivity contribution is 5.78. The van der Waals surface area contributed by atoms with Gasteiger partial charge >= 0.3 is 6.18 Å². The predicted molar refractivity (Wildman–Crippen MR) is 72.0 cm³/mol. The highest BCUT2D eigenvalue weighted by Crippen LogP contribution is 2.30. The second-order valence-corrected chi connectivity index (χ2v) is 5.67. The molecule has 118 valence electrons. The van der Waals surface area contributed by atoms with E-state index in [-0.39, 0.29) is 18.2 Å². The van der Waals surface area contributed by atoms with Crippen molar-refractivity contribution >= 4 is 5.91 Å². The third kappa shape index (κ3) is 7.12. The zero-order chi connectivity index (χ0) is 15.0. The number of nitrogens with one attached hydrogen (secondary N) is 1. The maximum atomic E-state index is 12.0. The molecule has 3 N–H and O–H groups in total. The van der Waals surface area contributed by atoms with Gasteiger partial charge in [-0.2, -0.15) is 13.2 Å². The van der Waals surface area contributed by atoms with Crippen LogP contribution in [0.4, 0.5) is 13.2 Å². The number of hydrogen-bond donors (Lipinski definition) is 2. The summed E-state index contributed by atoms with van der Waals surface area (Å²) in [5.74, 6) is 0.538. The molecule has 0 heterocycles. The lowest BCUT2D eigenvalue weighted by Crippen LogP contribution is -2.34. The summed E-state index contributed by atoms with van der Waals surface area (Å²) < 4.78 is 35.9. The zero-order valence-corrected chi connectivity index (χ0v) is 11.8. The molecule has 1 aliphatic rings. The Morgan fingerprint density at radius 2 is 2.00 bits per heavy atom. The van der Waals surface area contributed by atoms with Crippen molar-refractivity contribution < 1.29 is 18.0 Å². The Morgan fingerprint density at radius 1 is 1.25 bits per heavy atom. The van der Waals surface area contributed by atoms with Crippen LogP contribution < -0.4 is 11.1 Å². The molecule has 0 aromatic heterocycles. The summed E-state index contributed by atoms with van der Waals surface area (Å²) in [5, 5.41) is 2.76. The molecule has 3 nitrogen and oxygen atoms in total. The van der Waals surface area contributed by atoms with E-state index in [1.54, 1.807) is 0 Å². The molecule has 0 radical (unpaired) electrons. The first-order valence-corrected chi connectivity index (χ1v) is 7.47. The van der Waals surface area contributed by atoms with Crippen molar-refractivity contribution in [3.8, 4) is 0 Å². The van der Waals surface area contributed by atoms with E-state index >= 15 is 0 Å². The Kier molecular flexibility index (Phi) is 7.34. The molecule has 0 bridgehead atoms. The Labute approximate surface area is 118 Å². The Balaban J connectivity index is 2.15. The Hall–Kier alpha value is -0.780. The fraction of sp³-hybridized carbons (Fsp3) is 0.929. The Bertz CT molecular complexity index is 293. The third-order valence-electron chi connectivity index (χ3n) is 3.91. The van der Waals surface area contributed by atoms with E-state index in [0.717, 1.165) is 32.1 Å². The number of hydrogen-bond acceptors (Lipinski definition) is 2.